The van der Waals surface area contributed by atoms with E-state index in [2.05, 4.69) is 6.58 Å². The minimum Gasteiger partial charge on any atom is -0.295 e. The van der Waals surface area contributed by atoms with Gasteiger partial charge in [-0.2, -0.15) is 0 Å². The third-order valence-electron chi connectivity index (χ3n) is 1.71. The Morgan fingerprint density at radius 2 is 2.25 bits per heavy atom. The lowest BCUT2D eigenvalue weighted by Gasteiger charge is -2.21. The van der Waals surface area contributed by atoms with E-state index in [0.717, 1.165) is 12.8 Å². The lowest BCUT2D eigenvalue weighted by atomic mass is 9.82. The minimum absolute atomic E-state index is 0.233. The number of ketones is 1. The van der Waals surface area contributed by atoms with Crippen LogP contribution in [0.4, 0.5) is 0 Å². The second kappa shape index (κ2) is 2.12. The molecule has 0 saturated heterocycles. The van der Waals surface area contributed by atoms with E-state index in [0.29, 0.717) is 5.92 Å². The highest BCUT2D eigenvalue weighted by atomic mass is 16.1. The van der Waals surface area contributed by atoms with Gasteiger partial charge in [-0.15, -0.1) is 0 Å². The van der Waals surface area contributed by atoms with Gasteiger partial charge in [0.2, 0.25) is 0 Å². The lowest BCUT2D eigenvalue weighted by Crippen LogP contribution is -2.19. The zero-order valence-electron chi connectivity index (χ0n) is 4.89. The highest BCUT2D eigenvalue weighted by molar-refractivity contribution is 5.91. The number of carbonyl (C=O) groups is 1. The molecule has 0 aromatic heterocycles. The maximum Gasteiger partial charge on any atom is 0.158 e. The first-order valence-corrected chi connectivity index (χ1v) is 3.01. The van der Waals surface area contributed by atoms with Gasteiger partial charge in [-0.1, -0.05) is 13.0 Å². The molecule has 0 bridgehead atoms. The highest BCUT2D eigenvalue weighted by Gasteiger charge is 2.22. The van der Waals surface area contributed by atoms with Gasteiger partial charge in [0.05, 0.1) is 0 Å². The van der Waals surface area contributed by atoms with Crippen molar-refractivity contribution in [2.24, 2.45) is 5.92 Å². The molecular weight excluding hydrogens is 100 g/mol. The zero-order valence-corrected chi connectivity index (χ0v) is 4.89. The number of carbonyl (C=O) groups excluding carboxylic acids is 1. The molecule has 0 aromatic rings. The molecule has 44 valence electrons. The van der Waals surface area contributed by atoms with Crippen LogP contribution in [-0.2, 0) is 4.79 Å². The van der Waals surface area contributed by atoms with E-state index in [-0.39, 0.29) is 5.78 Å². The Morgan fingerprint density at radius 3 is 2.38 bits per heavy atom. The predicted molar refractivity (Wildman–Crippen MR) is 32.5 cm³/mol. The molecule has 0 radical (unpaired) electrons. The molecule has 0 N–H and O–H groups in total. The van der Waals surface area contributed by atoms with Crippen LogP contribution in [0.1, 0.15) is 19.3 Å². The summed E-state index contributed by atoms with van der Waals surface area (Å²) in [6.07, 6.45) is 4.84. The van der Waals surface area contributed by atoms with Gasteiger partial charge in [0.15, 0.2) is 5.78 Å². The quantitative estimate of drug-likeness (QED) is 0.493. The maximum atomic E-state index is 10.7. The molecule has 1 saturated carbocycles. The Morgan fingerprint density at radius 1 is 1.62 bits per heavy atom. The molecule has 1 aliphatic rings. The highest BCUT2D eigenvalue weighted by Crippen LogP contribution is 2.26. The zero-order chi connectivity index (χ0) is 5.98. The van der Waals surface area contributed by atoms with E-state index in [1.54, 1.807) is 0 Å². The summed E-state index contributed by atoms with van der Waals surface area (Å²) in [4.78, 5) is 10.7. The van der Waals surface area contributed by atoms with Crippen LogP contribution in [-0.4, -0.2) is 5.78 Å². The van der Waals surface area contributed by atoms with Crippen LogP contribution in [0, 0.1) is 5.92 Å². The van der Waals surface area contributed by atoms with Crippen molar-refractivity contribution in [3.05, 3.63) is 12.7 Å². The lowest BCUT2D eigenvalue weighted by molar-refractivity contribution is -0.120. The van der Waals surface area contributed by atoms with Crippen LogP contribution in [0.3, 0.4) is 0 Å². The molecule has 0 aromatic carbocycles. The summed E-state index contributed by atoms with van der Waals surface area (Å²) < 4.78 is 0. The van der Waals surface area contributed by atoms with Crippen molar-refractivity contribution in [3.63, 3.8) is 0 Å². The standard InChI is InChI=1S/C7H10O/c1-2-7(8)6-4-3-5-6/h2,6H,1,3-5H2. The van der Waals surface area contributed by atoms with Crippen molar-refractivity contribution in [2.75, 3.05) is 0 Å². The first kappa shape index (κ1) is 5.54. The average molecular weight is 110 g/mol. The average Bonchev–Trinajstić information content (AvgIpc) is 1.62. The van der Waals surface area contributed by atoms with Gasteiger partial charge in [-0.3, -0.25) is 4.79 Å². The van der Waals surface area contributed by atoms with Crippen molar-refractivity contribution in [1.82, 2.24) is 0 Å². The van der Waals surface area contributed by atoms with Gasteiger partial charge >= 0.3 is 0 Å². The Labute approximate surface area is 49.4 Å². The number of hydrogen-bond acceptors (Lipinski definition) is 1. The summed E-state index contributed by atoms with van der Waals surface area (Å²) in [6.45, 7) is 3.41. The Balaban J connectivity index is 2.34. The van der Waals surface area contributed by atoms with Crippen molar-refractivity contribution in [2.45, 2.75) is 19.3 Å². The van der Waals surface area contributed by atoms with E-state index < -0.39 is 0 Å². The monoisotopic (exact) mass is 110 g/mol. The largest absolute Gasteiger partial charge is 0.295 e. The fourth-order valence-electron chi connectivity index (χ4n) is 0.859. The van der Waals surface area contributed by atoms with Crippen molar-refractivity contribution in [1.29, 1.82) is 0 Å². The van der Waals surface area contributed by atoms with Crippen LogP contribution >= 0.6 is 0 Å². The predicted octanol–water partition coefficient (Wildman–Crippen LogP) is 1.54. The summed E-state index contributed by atoms with van der Waals surface area (Å²) in [5, 5.41) is 0. The molecule has 0 spiro atoms. The van der Waals surface area contributed by atoms with Crippen LogP contribution < -0.4 is 0 Å². The fourth-order valence-corrected chi connectivity index (χ4v) is 0.859. The number of allylic oxidation sites excluding steroid dienone is 1. The topological polar surface area (TPSA) is 17.1 Å². The second-order valence-electron chi connectivity index (χ2n) is 2.23. The first-order chi connectivity index (χ1) is 3.84. The van der Waals surface area contributed by atoms with Crippen LogP contribution in [0.2, 0.25) is 0 Å². The van der Waals surface area contributed by atoms with Gasteiger partial charge in [-0.05, 0) is 18.9 Å². The third kappa shape index (κ3) is 0.808. The molecule has 1 nitrogen and oxygen atoms in total. The Bertz CT molecular complexity index is 112. The first-order valence-electron chi connectivity index (χ1n) is 3.01. The molecule has 1 rings (SSSR count). The van der Waals surface area contributed by atoms with E-state index in [1.165, 1.54) is 12.5 Å². The van der Waals surface area contributed by atoms with Crippen molar-refractivity contribution < 1.29 is 4.79 Å². The molecule has 8 heavy (non-hydrogen) atoms. The van der Waals surface area contributed by atoms with Crippen LogP contribution in [0.5, 0.6) is 0 Å². The van der Waals surface area contributed by atoms with Crippen molar-refractivity contribution >= 4 is 5.78 Å². The molecular formula is C7H10O. The molecule has 0 heterocycles. The molecule has 1 fully saturated rings. The van der Waals surface area contributed by atoms with Gasteiger partial charge in [-0.25, -0.2) is 0 Å². The maximum absolute atomic E-state index is 10.7. The minimum atomic E-state index is 0.233. The smallest absolute Gasteiger partial charge is 0.158 e. The molecule has 1 aliphatic carbocycles. The van der Waals surface area contributed by atoms with E-state index in [4.69, 9.17) is 0 Å². The summed E-state index contributed by atoms with van der Waals surface area (Å²) in [6, 6.07) is 0. The van der Waals surface area contributed by atoms with Gasteiger partial charge < -0.3 is 0 Å². The third-order valence-corrected chi connectivity index (χ3v) is 1.71. The Kier molecular flexibility index (Phi) is 1.47. The molecule has 0 amide bonds. The van der Waals surface area contributed by atoms with Crippen molar-refractivity contribution in [3.8, 4) is 0 Å². The molecule has 0 atom stereocenters. The number of rotatable bonds is 2. The van der Waals surface area contributed by atoms with Gasteiger partial charge in [0.25, 0.3) is 0 Å². The SMILES string of the molecule is C=CC(=O)C1CCC1. The van der Waals surface area contributed by atoms with Gasteiger partial charge in [0, 0.05) is 5.92 Å². The summed E-state index contributed by atoms with van der Waals surface area (Å²) in [5.41, 5.74) is 0. The normalized spacial score (nSPS) is 19.5. The van der Waals surface area contributed by atoms with E-state index in [9.17, 15) is 4.79 Å². The van der Waals surface area contributed by atoms with E-state index >= 15 is 0 Å². The second-order valence-corrected chi connectivity index (χ2v) is 2.23. The molecule has 0 aliphatic heterocycles. The molecule has 0 unspecified atom stereocenters. The summed E-state index contributed by atoms with van der Waals surface area (Å²) in [5.74, 6) is 0.573. The molecule has 1 heteroatoms. The van der Waals surface area contributed by atoms with Crippen LogP contribution in [0.25, 0.3) is 0 Å². The fraction of sp³-hybridized carbons (Fsp3) is 0.571. The summed E-state index contributed by atoms with van der Waals surface area (Å²) in [7, 11) is 0. The Hall–Kier alpha value is -0.590. The van der Waals surface area contributed by atoms with E-state index in [1.807, 2.05) is 0 Å². The van der Waals surface area contributed by atoms with Gasteiger partial charge in [0.1, 0.15) is 0 Å². The van der Waals surface area contributed by atoms with Crippen LogP contribution in [0.15, 0.2) is 12.7 Å². The summed E-state index contributed by atoms with van der Waals surface area (Å²) >= 11 is 0. The number of hydrogen-bond donors (Lipinski definition) is 0.